The predicted octanol–water partition coefficient (Wildman–Crippen LogP) is 0.0953. The average molecular weight is 362 g/mol. The van der Waals surface area contributed by atoms with E-state index in [0.29, 0.717) is 44.3 Å². The van der Waals surface area contributed by atoms with Crippen LogP contribution in [0, 0.1) is 0 Å². The van der Waals surface area contributed by atoms with Crippen molar-refractivity contribution in [3.05, 3.63) is 11.7 Å². The van der Waals surface area contributed by atoms with Gasteiger partial charge in [0.2, 0.25) is 11.8 Å². The second kappa shape index (κ2) is 7.61. The standard InChI is InChI=1S/C17H26N6O3/c24-15-13-11-23(10-9-22(13)8-7-18-15)17(25)19-6-5-14-20-16(26-21-14)12-3-1-2-4-12/h12-13H,1-11H2,(H,18,24)(H,19,25)/t13-/m0/s1. The van der Waals surface area contributed by atoms with Gasteiger partial charge in [-0.1, -0.05) is 18.0 Å². The number of carbonyl (C=O) groups is 2. The molecule has 26 heavy (non-hydrogen) atoms. The molecule has 4 rings (SSSR count). The van der Waals surface area contributed by atoms with Crippen molar-refractivity contribution in [2.75, 3.05) is 39.3 Å². The summed E-state index contributed by atoms with van der Waals surface area (Å²) in [6.07, 6.45) is 5.25. The lowest BCUT2D eigenvalue weighted by Crippen LogP contribution is -2.65. The average Bonchev–Trinajstić information content (AvgIpc) is 3.33. The number of aromatic nitrogens is 2. The van der Waals surface area contributed by atoms with Crippen molar-refractivity contribution in [1.29, 1.82) is 0 Å². The number of hydrogen-bond acceptors (Lipinski definition) is 6. The van der Waals surface area contributed by atoms with Gasteiger partial charge in [-0.2, -0.15) is 4.98 Å². The molecule has 9 nitrogen and oxygen atoms in total. The van der Waals surface area contributed by atoms with E-state index in [1.807, 2.05) is 0 Å². The number of nitrogens with zero attached hydrogens (tertiary/aromatic N) is 4. The molecule has 3 heterocycles. The van der Waals surface area contributed by atoms with Crippen molar-refractivity contribution >= 4 is 11.9 Å². The summed E-state index contributed by atoms with van der Waals surface area (Å²) in [6, 6.07) is -0.364. The Kier molecular flexibility index (Phi) is 5.05. The molecule has 0 spiro atoms. The zero-order valence-electron chi connectivity index (χ0n) is 14.9. The maximum absolute atomic E-state index is 12.4. The molecule has 3 fully saturated rings. The van der Waals surface area contributed by atoms with E-state index in [2.05, 4.69) is 25.7 Å². The van der Waals surface area contributed by atoms with E-state index in [1.54, 1.807) is 4.90 Å². The smallest absolute Gasteiger partial charge is 0.317 e. The summed E-state index contributed by atoms with van der Waals surface area (Å²) in [5.74, 6) is 1.80. The van der Waals surface area contributed by atoms with E-state index in [-0.39, 0.29) is 18.0 Å². The van der Waals surface area contributed by atoms with Crippen LogP contribution in [0.5, 0.6) is 0 Å². The lowest BCUT2D eigenvalue weighted by molar-refractivity contribution is -0.131. The number of fused-ring (bicyclic) bond motifs is 1. The van der Waals surface area contributed by atoms with Crippen molar-refractivity contribution in [1.82, 2.24) is 30.6 Å². The van der Waals surface area contributed by atoms with Crippen LogP contribution in [0.1, 0.15) is 43.3 Å². The molecule has 3 aliphatic rings. The fourth-order valence-electron chi connectivity index (χ4n) is 4.06. The molecule has 0 unspecified atom stereocenters. The van der Waals surface area contributed by atoms with Crippen LogP contribution >= 0.6 is 0 Å². The maximum Gasteiger partial charge on any atom is 0.317 e. The highest BCUT2D eigenvalue weighted by molar-refractivity contribution is 5.84. The fraction of sp³-hybridized carbons (Fsp3) is 0.765. The van der Waals surface area contributed by atoms with Gasteiger partial charge in [0.25, 0.3) is 0 Å². The molecular weight excluding hydrogens is 336 g/mol. The third kappa shape index (κ3) is 3.67. The zero-order valence-corrected chi connectivity index (χ0v) is 14.9. The number of urea groups is 1. The first-order valence-electron chi connectivity index (χ1n) is 9.58. The quantitative estimate of drug-likeness (QED) is 0.787. The summed E-state index contributed by atoms with van der Waals surface area (Å²) in [7, 11) is 0. The molecule has 1 atom stereocenters. The molecule has 2 saturated heterocycles. The van der Waals surface area contributed by atoms with Gasteiger partial charge in [-0.15, -0.1) is 0 Å². The van der Waals surface area contributed by atoms with Crippen LogP contribution in [-0.4, -0.2) is 77.2 Å². The molecule has 1 aromatic heterocycles. The number of nitrogens with one attached hydrogen (secondary N) is 2. The van der Waals surface area contributed by atoms with Crippen LogP contribution in [0.4, 0.5) is 4.79 Å². The van der Waals surface area contributed by atoms with Gasteiger partial charge in [0.1, 0.15) is 6.04 Å². The van der Waals surface area contributed by atoms with E-state index in [9.17, 15) is 9.59 Å². The SMILES string of the molecule is O=C1NCCN2CCN(C(=O)NCCc3noc(C4CCCC4)n3)C[C@@H]12. The van der Waals surface area contributed by atoms with Gasteiger partial charge in [-0.3, -0.25) is 9.69 Å². The summed E-state index contributed by atoms with van der Waals surface area (Å²) in [5.41, 5.74) is 0. The van der Waals surface area contributed by atoms with Crippen molar-refractivity contribution in [2.24, 2.45) is 0 Å². The topological polar surface area (TPSA) is 104 Å². The second-order valence-electron chi connectivity index (χ2n) is 7.30. The first-order valence-corrected chi connectivity index (χ1v) is 9.58. The van der Waals surface area contributed by atoms with Gasteiger partial charge < -0.3 is 20.1 Å². The first-order chi connectivity index (χ1) is 12.7. The Morgan fingerprint density at radius 2 is 2.12 bits per heavy atom. The Morgan fingerprint density at radius 1 is 1.27 bits per heavy atom. The van der Waals surface area contributed by atoms with Crippen LogP contribution in [-0.2, 0) is 11.2 Å². The number of piperazine rings is 2. The Bertz CT molecular complexity index is 657. The van der Waals surface area contributed by atoms with Crippen LogP contribution in [0.25, 0.3) is 0 Å². The molecule has 1 saturated carbocycles. The molecule has 142 valence electrons. The minimum Gasteiger partial charge on any atom is -0.353 e. The third-order valence-corrected chi connectivity index (χ3v) is 5.59. The number of hydrogen-bond donors (Lipinski definition) is 2. The van der Waals surface area contributed by atoms with E-state index >= 15 is 0 Å². The minimum atomic E-state index is -0.227. The molecular formula is C17H26N6O3. The Morgan fingerprint density at radius 3 is 2.96 bits per heavy atom. The predicted molar refractivity (Wildman–Crippen MR) is 92.6 cm³/mol. The van der Waals surface area contributed by atoms with Gasteiger partial charge in [-0.25, -0.2) is 4.79 Å². The lowest BCUT2D eigenvalue weighted by Gasteiger charge is -2.42. The molecule has 9 heteroatoms. The van der Waals surface area contributed by atoms with Gasteiger partial charge >= 0.3 is 6.03 Å². The molecule has 0 radical (unpaired) electrons. The van der Waals surface area contributed by atoms with E-state index in [4.69, 9.17) is 4.52 Å². The van der Waals surface area contributed by atoms with Crippen molar-refractivity contribution in [2.45, 2.75) is 44.1 Å². The van der Waals surface area contributed by atoms with Crippen molar-refractivity contribution in [3.63, 3.8) is 0 Å². The van der Waals surface area contributed by atoms with Gasteiger partial charge in [-0.05, 0) is 12.8 Å². The monoisotopic (exact) mass is 362 g/mol. The molecule has 0 bridgehead atoms. The Balaban J connectivity index is 1.23. The number of rotatable bonds is 4. The highest BCUT2D eigenvalue weighted by atomic mass is 16.5. The molecule has 1 aliphatic carbocycles. The summed E-state index contributed by atoms with van der Waals surface area (Å²) < 4.78 is 5.36. The fourth-order valence-corrected chi connectivity index (χ4v) is 4.06. The van der Waals surface area contributed by atoms with E-state index in [1.165, 1.54) is 12.8 Å². The van der Waals surface area contributed by atoms with Crippen LogP contribution < -0.4 is 10.6 Å². The minimum absolute atomic E-state index is 0.0139. The highest BCUT2D eigenvalue weighted by Crippen LogP contribution is 2.32. The molecule has 1 aromatic rings. The van der Waals surface area contributed by atoms with Crippen molar-refractivity contribution in [3.8, 4) is 0 Å². The Labute approximate surface area is 152 Å². The Hall–Kier alpha value is -2.16. The molecule has 2 N–H and O–H groups in total. The first kappa shape index (κ1) is 17.3. The van der Waals surface area contributed by atoms with Gasteiger partial charge in [0.15, 0.2) is 5.82 Å². The molecule has 2 aliphatic heterocycles. The van der Waals surface area contributed by atoms with Crippen LogP contribution in [0.2, 0.25) is 0 Å². The zero-order chi connectivity index (χ0) is 17.9. The normalized spacial score (nSPS) is 24.4. The largest absolute Gasteiger partial charge is 0.353 e. The van der Waals surface area contributed by atoms with Crippen molar-refractivity contribution < 1.29 is 14.1 Å². The highest BCUT2D eigenvalue weighted by Gasteiger charge is 2.36. The number of carbonyl (C=O) groups excluding carboxylic acids is 2. The summed E-state index contributed by atoms with van der Waals surface area (Å²) in [5, 5.41) is 9.79. The summed E-state index contributed by atoms with van der Waals surface area (Å²) >= 11 is 0. The molecule has 3 amide bonds. The summed E-state index contributed by atoms with van der Waals surface area (Å²) in [4.78, 5) is 32.7. The lowest BCUT2D eigenvalue weighted by atomic mass is 10.1. The van der Waals surface area contributed by atoms with Gasteiger partial charge in [0, 0.05) is 51.6 Å². The molecule has 0 aromatic carbocycles. The number of amides is 3. The second-order valence-corrected chi connectivity index (χ2v) is 7.30. The maximum atomic E-state index is 12.4. The van der Waals surface area contributed by atoms with E-state index < -0.39 is 0 Å². The van der Waals surface area contributed by atoms with Crippen LogP contribution in [0.15, 0.2) is 4.52 Å². The van der Waals surface area contributed by atoms with Crippen LogP contribution in [0.3, 0.4) is 0 Å². The summed E-state index contributed by atoms with van der Waals surface area (Å²) in [6.45, 7) is 3.82. The third-order valence-electron chi connectivity index (χ3n) is 5.59. The van der Waals surface area contributed by atoms with E-state index in [0.717, 1.165) is 31.8 Å². The van der Waals surface area contributed by atoms with Gasteiger partial charge in [0.05, 0.1) is 0 Å².